The molecule has 116 valence electrons. The molecular formula is C14H26N2O4. The Morgan fingerprint density at radius 3 is 1.95 bits per heavy atom. The van der Waals surface area contributed by atoms with E-state index in [0.29, 0.717) is 6.54 Å². The molecule has 0 saturated carbocycles. The molecule has 1 saturated heterocycles. The minimum absolute atomic E-state index is 0.172. The molecule has 0 aromatic rings. The lowest BCUT2D eigenvalue weighted by atomic mass is 9.60. The molecule has 6 heteroatoms. The number of piperazine rings is 1. The van der Waals surface area contributed by atoms with Crippen LogP contribution in [-0.2, 0) is 4.79 Å². The molecule has 1 amide bonds. The van der Waals surface area contributed by atoms with Gasteiger partial charge in [0, 0.05) is 19.1 Å². The first kappa shape index (κ1) is 16.8. The van der Waals surface area contributed by atoms with E-state index in [9.17, 15) is 19.8 Å². The van der Waals surface area contributed by atoms with E-state index in [1.165, 1.54) is 0 Å². The molecule has 1 heterocycles. The summed E-state index contributed by atoms with van der Waals surface area (Å²) < 4.78 is 0. The van der Waals surface area contributed by atoms with Gasteiger partial charge in [-0.05, 0) is 10.8 Å². The third-order valence-electron chi connectivity index (χ3n) is 4.09. The Hall–Kier alpha value is -1.30. The summed E-state index contributed by atoms with van der Waals surface area (Å²) in [7, 11) is 0. The highest BCUT2D eigenvalue weighted by atomic mass is 16.4. The Labute approximate surface area is 120 Å². The molecule has 0 radical (unpaired) electrons. The van der Waals surface area contributed by atoms with Crippen molar-refractivity contribution in [2.24, 2.45) is 10.8 Å². The summed E-state index contributed by atoms with van der Waals surface area (Å²) in [5.74, 6) is -1.10. The van der Waals surface area contributed by atoms with Gasteiger partial charge >= 0.3 is 12.1 Å². The van der Waals surface area contributed by atoms with Gasteiger partial charge in [0.25, 0.3) is 0 Å². The maximum Gasteiger partial charge on any atom is 0.408 e. The Bertz CT molecular complexity index is 408. The molecular weight excluding hydrogens is 260 g/mol. The smallest absolute Gasteiger partial charge is 0.408 e. The minimum atomic E-state index is -1.50. The molecule has 20 heavy (non-hydrogen) atoms. The fourth-order valence-corrected chi connectivity index (χ4v) is 3.38. The first-order valence-electron chi connectivity index (χ1n) is 6.84. The highest BCUT2D eigenvalue weighted by Gasteiger charge is 2.64. The Morgan fingerprint density at radius 1 is 1.15 bits per heavy atom. The molecule has 1 rings (SSSR count). The van der Waals surface area contributed by atoms with Crippen molar-refractivity contribution >= 4 is 12.1 Å². The van der Waals surface area contributed by atoms with Crippen LogP contribution in [0.2, 0.25) is 0 Å². The van der Waals surface area contributed by atoms with E-state index in [-0.39, 0.29) is 12.0 Å². The van der Waals surface area contributed by atoms with Crippen molar-refractivity contribution in [3.8, 4) is 0 Å². The lowest BCUT2D eigenvalue weighted by molar-refractivity contribution is -0.169. The van der Waals surface area contributed by atoms with Crippen LogP contribution in [0.25, 0.3) is 0 Å². The van der Waals surface area contributed by atoms with E-state index >= 15 is 0 Å². The van der Waals surface area contributed by atoms with Crippen LogP contribution >= 0.6 is 0 Å². The van der Waals surface area contributed by atoms with Crippen LogP contribution in [0.1, 0.15) is 41.5 Å². The summed E-state index contributed by atoms with van der Waals surface area (Å²) >= 11 is 0. The first-order valence-corrected chi connectivity index (χ1v) is 6.84. The van der Waals surface area contributed by atoms with Gasteiger partial charge in [0.2, 0.25) is 0 Å². The number of rotatable bonds is 1. The van der Waals surface area contributed by atoms with E-state index in [2.05, 4.69) is 5.32 Å². The highest BCUT2D eigenvalue weighted by molar-refractivity contribution is 5.86. The molecule has 0 aromatic carbocycles. The maximum absolute atomic E-state index is 12.1. The van der Waals surface area contributed by atoms with Crippen molar-refractivity contribution in [3.05, 3.63) is 0 Å². The van der Waals surface area contributed by atoms with Gasteiger partial charge in [0.1, 0.15) is 0 Å². The zero-order valence-corrected chi connectivity index (χ0v) is 13.1. The fraction of sp³-hybridized carbons (Fsp3) is 0.857. The van der Waals surface area contributed by atoms with Crippen LogP contribution in [0.5, 0.6) is 0 Å². The number of hydrogen-bond donors (Lipinski definition) is 3. The molecule has 6 nitrogen and oxygen atoms in total. The molecule has 3 N–H and O–H groups in total. The van der Waals surface area contributed by atoms with E-state index in [4.69, 9.17) is 0 Å². The summed E-state index contributed by atoms with van der Waals surface area (Å²) in [6.45, 7) is 11.8. The molecule has 1 aliphatic heterocycles. The van der Waals surface area contributed by atoms with E-state index in [0.717, 1.165) is 4.90 Å². The van der Waals surface area contributed by atoms with Crippen molar-refractivity contribution < 1.29 is 19.8 Å². The number of hydrogen-bond acceptors (Lipinski definition) is 3. The van der Waals surface area contributed by atoms with E-state index < -0.39 is 29.1 Å². The summed E-state index contributed by atoms with van der Waals surface area (Å²) in [5.41, 5.74) is -2.64. The summed E-state index contributed by atoms with van der Waals surface area (Å²) in [5, 5.41) is 22.7. The normalized spacial score (nSPS) is 28.3. The quantitative estimate of drug-likeness (QED) is 0.684. The second-order valence-corrected chi connectivity index (χ2v) is 7.51. The van der Waals surface area contributed by atoms with Crippen LogP contribution in [0.15, 0.2) is 0 Å². The van der Waals surface area contributed by atoms with Gasteiger partial charge < -0.3 is 15.5 Å². The van der Waals surface area contributed by atoms with Crippen LogP contribution in [0.3, 0.4) is 0 Å². The van der Waals surface area contributed by atoms with E-state index in [1.807, 2.05) is 20.8 Å². The topological polar surface area (TPSA) is 89.9 Å². The second kappa shape index (κ2) is 4.91. The number of nitrogens with one attached hydrogen (secondary N) is 1. The van der Waals surface area contributed by atoms with Crippen LogP contribution in [0.4, 0.5) is 4.79 Å². The number of amides is 1. The number of aliphatic carboxylic acids is 1. The van der Waals surface area contributed by atoms with Crippen LogP contribution in [0, 0.1) is 10.8 Å². The fourth-order valence-electron chi connectivity index (χ4n) is 3.38. The lowest BCUT2D eigenvalue weighted by Crippen LogP contribution is -2.79. The van der Waals surface area contributed by atoms with Crippen LogP contribution < -0.4 is 5.32 Å². The summed E-state index contributed by atoms with van der Waals surface area (Å²) in [6, 6.07) is -0.475. The molecule has 1 aliphatic rings. The standard InChI is InChI=1S/C14H26N2O4/c1-12(2,3)9-14(10(17)18,13(4,5)6)16(11(19)20)8-7-15-9/h9,15H,7-8H2,1-6H3,(H,17,18)(H,19,20). The molecule has 1 fully saturated rings. The van der Waals surface area contributed by atoms with Crippen molar-refractivity contribution in [1.29, 1.82) is 0 Å². The van der Waals surface area contributed by atoms with Crippen molar-refractivity contribution in [2.75, 3.05) is 13.1 Å². The van der Waals surface area contributed by atoms with Gasteiger partial charge in [-0.25, -0.2) is 9.59 Å². The SMILES string of the molecule is CC(C)(C)C1NCCN(C(=O)O)C1(C(=O)O)C(C)(C)C. The average molecular weight is 286 g/mol. The Balaban J connectivity index is 3.60. The average Bonchev–Trinajstić information content (AvgIpc) is 2.24. The predicted octanol–water partition coefficient (Wildman–Crippen LogP) is 1.85. The summed E-state index contributed by atoms with van der Waals surface area (Å²) in [4.78, 5) is 24.9. The maximum atomic E-state index is 12.1. The first-order chi connectivity index (χ1) is 8.86. The Morgan fingerprint density at radius 2 is 1.65 bits per heavy atom. The highest BCUT2D eigenvalue weighted by Crippen LogP contribution is 2.45. The largest absolute Gasteiger partial charge is 0.479 e. The molecule has 2 atom stereocenters. The number of carboxylic acids is 1. The molecule has 0 aromatic heterocycles. The number of carboxylic acid groups (broad SMARTS) is 2. The van der Waals surface area contributed by atoms with Gasteiger partial charge in [-0.1, -0.05) is 41.5 Å². The van der Waals surface area contributed by atoms with Gasteiger partial charge in [-0.15, -0.1) is 0 Å². The Kier molecular flexibility index (Phi) is 4.11. The second-order valence-electron chi connectivity index (χ2n) is 7.51. The van der Waals surface area contributed by atoms with E-state index in [1.54, 1.807) is 20.8 Å². The lowest BCUT2D eigenvalue weighted by Gasteiger charge is -2.58. The monoisotopic (exact) mass is 286 g/mol. The third-order valence-corrected chi connectivity index (χ3v) is 4.09. The minimum Gasteiger partial charge on any atom is -0.479 e. The third kappa shape index (κ3) is 2.37. The van der Waals surface area contributed by atoms with Gasteiger partial charge in [0.05, 0.1) is 0 Å². The zero-order valence-electron chi connectivity index (χ0n) is 13.1. The summed E-state index contributed by atoms with van der Waals surface area (Å²) in [6.07, 6.45) is -1.18. The van der Waals surface area contributed by atoms with Gasteiger partial charge in [-0.3, -0.25) is 4.90 Å². The van der Waals surface area contributed by atoms with Crippen molar-refractivity contribution in [3.63, 3.8) is 0 Å². The van der Waals surface area contributed by atoms with Crippen molar-refractivity contribution in [2.45, 2.75) is 53.1 Å². The van der Waals surface area contributed by atoms with Crippen LogP contribution in [-0.4, -0.2) is 51.8 Å². The van der Waals surface area contributed by atoms with Gasteiger partial charge in [-0.2, -0.15) is 0 Å². The zero-order chi connectivity index (χ0) is 15.9. The predicted molar refractivity (Wildman–Crippen MR) is 75.8 cm³/mol. The number of nitrogens with zero attached hydrogens (tertiary/aromatic N) is 1. The molecule has 2 unspecified atom stereocenters. The van der Waals surface area contributed by atoms with Crippen molar-refractivity contribution in [1.82, 2.24) is 10.2 Å². The molecule has 0 aliphatic carbocycles. The van der Waals surface area contributed by atoms with Gasteiger partial charge in [0.15, 0.2) is 5.54 Å². The number of carbonyl (C=O) groups is 2. The molecule has 0 bridgehead atoms. The molecule has 0 spiro atoms.